The summed E-state index contributed by atoms with van der Waals surface area (Å²) >= 11 is 3.47. The molecule has 5 heteroatoms. The van der Waals surface area contributed by atoms with Gasteiger partial charge in [0.25, 0.3) is 0 Å². The molecule has 0 unspecified atom stereocenters. The average Bonchev–Trinajstić information content (AvgIpc) is 2.44. The van der Waals surface area contributed by atoms with Crippen LogP contribution in [0, 0.1) is 5.92 Å². The molecule has 1 heterocycles. The molecule has 0 spiro atoms. The Bertz CT molecular complexity index is 386. The maximum absolute atomic E-state index is 12.0. The summed E-state index contributed by atoms with van der Waals surface area (Å²) in [6.45, 7) is 5.38. The fourth-order valence-corrected chi connectivity index (χ4v) is 2.78. The molecule has 0 saturated carbocycles. The van der Waals surface area contributed by atoms with E-state index in [0.29, 0.717) is 6.42 Å². The number of rotatable bonds is 0. The van der Waals surface area contributed by atoms with Crippen LogP contribution in [0.1, 0.15) is 27.2 Å². The molecule has 0 radical (unpaired) electrons. The van der Waals surface area contributed by atoms with Gasteiger partial charge in [0.2, 0.25) is 5.91 Å². The van der Waals surface area contributed by atoms with Crippen LogP contribution in [0.15, 0.2) is 12.2 Å². The van der Waals surface area contributed by atoms with E-state index < -0.39 is 11.7 Å². The number of imide groups is 1. The van der Waals surface area contributed by atoms with Crippen LogP contribution in [-0.4, -0.2) is 33.4 Å². The van der Waals surface area contributed by atoms with Crippen LogP contribution >= 0.6 is 15.9 Å². The summed E-state index contributed by atoms with van der Waals surface area (Å²) in [7, 11) is 0. The van der Waals surface area contributed by atoms with Crippen molar-refractivity contribution in [1.29, 1.82) is 0 Å². The maximum atomic E-state index is 12.0. The molecule has 17 heavy (non-hydrogen) atoms. The average molecular weight is 302 g/mol. The van der Waals surface area contributed by atoms with Crippen molar-refractivity contribution in [2.24, 2.45) is 5.92 Å². The lowest BCUT2D eigenvalue weighted by atomic mass is 9.97. The SMILES string of the molecule is CC(C)(C)OC(=O)N1C(=O)[C@@H]2C=C[C@H](Br)[C@H]1C2. The normalized spacial score (nSPS) is 31.9. The molecule has 4 nitrogen and oxygen atoms in total. The van der Waals surface area contributed by atoms with Crippen molar-refractivity contribution in [3.8, 4) is 0 Å². The second-order valence-electron chi connectivity index (χ2n) is 5.43. The largest absolute Gasteiger partial charge is 0.443 e. The van der Waals surface area contributed by atoms with E-state index in [-0.39, 0.29) is 22.7 Å². The van der Waals surface area contributed by atoms with Gasteiger partial charge in [-0.1, -0.05) is 28.1 Å². The zero-order chi connectivity index (χ0) is 12.8. The van der Waals surface area contributed by atoms with Gasteiger partial charge >= 0.3 is 6.09 Å². The molecule has 1 fully saturated rings. The topological polar surface area (TPSA) is 46.6 Å². The number of carbonyl (C=O) groups excluding carboxylic acids is 2. The molecule has 0 aromatic carbocycles. The lowest BCUT2D eigenvalue weighted by Crippen LogP contribution is -2.45. The highest BCUT2D eigenvalue weighted by Gasteiger charge is 2.48. The molecule has 0 aromatic rings. The van der Waals surface area contributed by atoms with E-state index in [2.05, 4.69) is 15.9 Å². The van der Waals surface area contributed by atoms with Crippen LogP contribution in [-0.2, 0) is 9.53 Å². The van der Waals surface area contributed by atoms with Gasteiger partial charge in [0, 0.05) is 0 Å². The first kappa shape index (κ1) is 12.6. The Balaban J connectivity index is 2.17. The third-order valence-corrected chi connectivity index (χ3v) is 3.78. The van der Waals surface area contributed by atoms with Crippen molar-refractivity contribution < 1.29 is 14.3 Å². The van der Waals surface area contributed by atoms with Gasteiger partial charge in [-0.3, -0.25) is 4.79 Å². The van der Waals surface area contributed by atoms with Gasteiger partial charge in [0.1, 0.15) is 5.60 Å². The smallest absolute Gasteiger partial charge is 0.417 e. The number of carbonyl (C=O) groups is 2. The number of hydrogen-bond donors (Lipinski definition) is 0. The molecule has 1 aliphatic carbocycles. The van der Waals surface area contributed by atoms with Crippen molar-refractivity contribution in [3.05, 3.63) is 12.2 Å². The Morgan fingerprint density at radius 1 is 1.47 bits per heavy atom. The first-order valence-corrected chi connectivity index (χ1v) is 6.59. The molecule has 2 rings (SSSR count). The van der Waals surface area contributed by atoms with E-state index in [1.807, 2.05) is 12.2 Å². The number of ether oxygens (including phenoxy) is 1. The van der Waals surface area contributed by atoms with Gasteiger partial charge in [0.05, 0.1) is 16.8 Å². The molecule has 94 valence electrons. The number of hydrogen-bond acceptors (Lipinski definition) is 3. The highest BCUT2D eigenvalue weighted by molar-refractivity contribution is 9.09. The van der Waals surface area contributed by atoms with E-state index in [1.165, 1.54) is 4.90 Å². The molecule has 1 aliphatic heterocycles. The van der Waals surface area contributed by atoms with E-state index in [9.17, 15) is 9.59 Å². The highest BCUT2D eigenvalue weighted by atomic mass is 79.9. The summed E-state index contributed by atoms with van der Waals surface area (Å²) in [6.07, 6.45) is 3.94. The molecular weight excluding hydrogens is 286 g/mol. The van der Waals surface area contributed by atoms with Gasteiger partial charge in [-0.15, -0.1) is 0 Å². The monoisotopic (exact) mass is 301 g/mol. The van der Waals surface area contributed by atoms with Crippen LogP contribution in [0.5, 0.6) is 0 Å². The van der Waals surface area contributed by atoms with Crippen molar-refractivity contribution in [3.63, 3.8) is 0 Å². The second kappa shape index (κ2) is 4.12. The third-order valence-electron chi connectivity index (χ3n) is 2.87. The summed E-state index contributed by atoms with van der Waals surface area (Å²) < 4.78 is 5.27. The lowest BCUT2D eigenvalue weighted by molar-refractivity contribution is -0.129. The molecule has 2 amide bonds. The van der Waals surface area contributed by atoms with Crippen LogP contribution in [0.25, 0.3) is 0 Å². The van der Waals surface area contributed by atoms with Crippen LogP contribution in [0.3, 0.4) is 0 Å². The van der Waals surface area contributed by atoms with Crippen LogP contribution in [0.4, 0.5) is 4.79 Å². The van der Waals surface area contributed by atoms with Gasteiger partial charge in [-0.25, -0.2) is 9.69 Å². The summed E-state index contributed by atoms with van der Waals surface area (Å²) in [5, 5.41) is 0. The van der Waals surface area contributed by atoms with E-state index in [1.54, 1.807) is 20.8 Å². The Hall–Kier alpha value is -0.840. The predicted octanol–water partition coefficient (Wildman–Crippen LogP) is 2.47. The minimum Gasteiger partial charge on any atom is -0.443 e. The second-order valence-corrected chi connectivity index (χ2v) is 6.48. The standard InChI is InChI=1S/C12H16BrNO3/c1-12(2,3)17-11(16)14-9-6-7(10(14)15)4-5-8(9)13/h4-5,7-9H,6H2,1-3H3/t7-,8+,9-/m1/s1. The number of halogens is 1. The number of alkyl halides is 1. The Labute approximate surface area is 109 Å². The maximum Gasteiger partial charge on any atom is 0.417 e. The number of likely N-dealkylation sites (tertiary alicyclic amines) is 1. The Kier molecular flexibility index (Phi) is 3.06. The summed E-state index contributed by atoms with van der Waals surface area (Å²) in [5.74, 6) is -0.316. The quantitative estimate of drug-likeness (QED) is 0.510. The lowest BCUT2D eigenvalue weighted by Gasteiger charge is -2.28. The number of amides is 2. The Morgan fingerprint density at radius 2 is 2.12 bits per heavy atom. The first-order valence-electron chi connectivity index (χ1n) is 5.68. The molecule has 0 N–H and O–H groups in total. The van der Waals surface area contributed by atoms with E-state index >= 15 is 0 Å². The summed E-state index contributed by atoms with van der Waals surface area (Å²) in [5.41, 5.74) is -0.580. The van der Waals surface area contributed by atoms with Crippen LogP contribution in [0.2, 0.25) is 0 Å². The first-order chi connectivity index (χ1) is 7.79. The van der Waals surface area contributed by atoms with Crippen molar-refractivity contribution in [2.75, 3.05) is 0 Å². The molecule has 3 atom stereocenters. The summed E-state index contributed by atoms with van der Waals surface area (Å²) in [6, 6.07) is -0.118. The van der Waals surface area contributed by atoms with Gasteiger partial charge in [0.15, 0.2) is 0 Å². The predicted molar refractivity (Wildman–Crippen MR) is 66.8 cm³/mol. The molecule has 1 saturated heterocycles. The zero-order valence-electron chi connectivity index (χ0n) is 10.1. The molecule has 2 aliphatic rings. The molecule has 0 aromatic heterocycles. The van der Waals surface area contributed by atoms with Crippen molar-refractivity contribution in [1.82, 2.24) is 4.90 Å². The van der Waals surface area contributed by atoms with E-state index in [0.717, 1.165) is 0 Å². The van der Waals surface area contributed by atoms with Gasteiger partial charge in [-0.2, -0.15) is 0 Å². The summed E-state index contributed by atoms with van der Waals surface area (Å²) in [4.78, 5) is 25.3. The minimum absolute atomic E-state index is 0.0257. The molecule has 2 bridgehead atoms. The van der Waals surface area contributed by atoms with Gasteiger partial charge < -0.3 is 4.74 Å². The van der Waals surface area contributed by atoms with E-state index in [4.69, 9.17) is 4.74 Å². The van der Waals surface area contributed by atoms with Crippen molar-refractivity contribution in [2.45, 2.75) is 43.7 Å². The minimum atomic E-state index is -0.580. The van der Waals surface area contributed by atoms with Crippen LogP contribution < -0.4 is 0 Å². The zero-order valence-corrected chi connectivity index (χ0v) is 11.7. The number of fused-ring (bicyclic) bond motifs is 2. The highest BCUT2D eigenvalue weighted by Crippen LogP contribution is 2.36. The fourth-order valence-electron chi connectivity index (χ4n) is 2.15. The molecular formula is C12H16BrNO3. The van der Waals surface area contributed by atoms with Crippen molar-refractivity contribution >= 4 is 27.9 Å². The number of nitrogens with zero attached hydrogens (tertiary/aromatic N) is 1. The Morgan fingerprint density at radius 3 is 2.71 bits per heavy atom. The van der Waals surface area contributed by atoms with Gasteiger partial charge in [-0.05, 0) is 27.2 Å². The third kappa shape index (κ3) is 2.39. The fraction of sp³-hybridized carbons (Fsp3) is 0.667.